The molecule has 5 N–H and O–H groups in total. The van der Waals surface area contributed by atoms with Crippen LogP contribution in [0.4, 0.5) is 5.69 Å². The second kappa shape index (κ2) is 10.2. The lowest BCUT2D eigenvalue weighted by molar-refractivity contribution is -0.122. The summed E-state index contributed by atoms with van der Waals surface area (Å²) >= 11 is 0. The number of nitrogens with one attached hydrogen (secondary N) is 2. The maximum atomic E-state index is 12.0. The van der Waals surface area contributed by atoms with Crippen molar-refractivity contribution in [2.24, 2.45) is 5.73 Å². The number of anilines is 1. The Labute approximate surface area is 152 Å². The van der Waals surface area contributed by atoms with Crippen LogP contribution in [0, 0.1) is 0 Å². The SMILES string of the molecule is N[C@@H](CCC(=O)Nc1ccc(Oc2ccccc2)cc1)C(=O)NCCO. The fourth-order valence-corrected chi connectivity index (χ4v) is 2.18. The smallest absolute Gasteiger partial charge is 0.237 e. The fourth-order valence-electron chi connectivity index (χ4n) is 2.18. The average Bonchev–Trinajstić information content (AvgIpc) is 2.66. The summed E-state index contributed by atoms with van der Waals surface area (Å²) in [6.07, 6.45) is 0.342. The standard InChI is InChI=1S/C19H23N3O4/c20-17(19(25)21-12-13-23)10-11-18(24)22-14-6-8-16(9-7-14)26-15-4-2-1-3-5-15/h1-9,17,23H,10-13,20H2,(H,21,25)(H,22,24)/t17-/m0/s1. The number of aliphatic hydroxyl groups excluding tert-OH is 1. The lowest BCUT2D eigenvalue weighted by Crippen LogP contribution is -2.42. The molecule has 0 aromatic heterocycles. The Kier molecular flexibility index (Phi) is 7.60. The number of benzene rings is 2. The largest absolute Gasteiger partial charge is 0.457 e. The molecule has 26 heavy (non-hydrogen) atoms. The Balaban J connectivity index is 1.77. The predicted octanol–water partition coefficient (Wildman–Crippen LogP) is 1.63. The van der Waals surface area contributed by atoms with Crippen molar-refractivity contribution in [3.8, 4) is 11.5 Å². The number of carbonyl (C=O) groups excluding carboxylic acids is 2. The molecule has 0 bridgehead atoms. The Morgan fingerprint density at radius 1 is 1.04 bits per heavy atom. The van der Waals surface area contributed by atoms with Gasteiger partial charge in [0.05, 0.1) is 12.6 Å². The van der Waals surface area contributed by atoms with Crippen LogP contribution in [0.5, 0.6) is 11.5 Å². The van der Waals surface area contributed by atoms with E-state index in [0.29, 0.717) is 11.4 Å². The van der Waals surface area contributed by atoms with Crippen LogP contribution in [-0.4, -0.2) is 36.1 Å². The van der Waals surface area contributed by atoms with Gasteiger partial charge >= 0.3 is 0 Å². The third-order valence-corrected chi connectivity index (χ3v) is 3.55. The quantitative estimate of drug-likeness (QED) is 0.545. The highest BCUT2D eigenvalue weighted by molar-refractivity contribution is 5.91. The number of aliphatic hydroxyl groups is 1. The van der Waals surface area contributed by atoms with Crippen LogP contribution in [0.25, 0.3) is 0 Å². The van der Waals surface area contributed by atoms with Crippen LogP contribution in [0.15, 0.2) is 54.6 Å². The van der Waals surface area contributed by atoms with E-state index in [9.17, 15) is 9.59 Å². The molecular formula is C19H23N3O4. The molecule has 0 aliphatic carbocycles. The molecule has 0 aliphatic rings. The number of nitrogens with two attached hydrogens (primary N) is 1. The number of carbonyl (C=O) groups is 2. The van der Waals surface area contributed by atoms with Gasteiger partial charge < -0.3 is 26.2 Å². The van der Waals surface area contributed by atoms with Crippen molar-refractivity contribution in [1.82, 2.24) is 5.32 Å². The van der Waals surface area contributed by atoms with Gasteiger partial charge in [0.1, 0.15) is 11.5 Å². The summed E-state index contributed by atoms with van der Waals surface area (Å²) in [5.41, 5.74) is 6.34. The highest BCUT2D eigenvalue weighted by Gasteiger charge is 2.14. The Morgan fingerprint density at radius 3 is 2.35 bits per heavy atom. The minimum Gasteiger partial charge on any atom is -0.457 e. The van der Waals surface area contributed by atoms with E-state index in [2.05, 4.69) is 10.6 Å². The molecule has 2 rings (SSSR count). The molecule has 138 valence electrons. The minimum atomic E-state index is -0.783. The molecule has 0 unspecified atom stereocenters. The van der Waals surface area contributed by atoms with Crippen molar-refractivity contribution in [2.75, 3.05) is 18.5 Å². The van der Waals surface area contributed by atoms with Crippen LogP contribution in [0.1, 0.15) is 12.8 Å². The summed E-state index contributed by atoms with van der Waals surface area (Å²) < 4.78 is 5.68. The second-order valence-corrected chi connectivity index (χ2v) is 5.65. The van der Waals surface area contributed by atoms with Gasteiger partial charge in [0.15, 0.2) is 0 Å². The van der Waals surface area contributed by atoms with Crippen molar-refractivity contribution < 1.29 is 19.4 Å². The second-order valence-electron chi connectivity index (χ2n) is 5.65. The third kappa shape index (κ3) is 6.54. The van der Waals surface area contributed by atoms with E-state index in [-0.39, 0.29) is 37.8 Å². The molecule has 0 fully saturated rings. The van der Waals surface area contributed by atoms with Crippen LogP contribution in [0.3, 0.4) is 0 Å². The minimum absolute atomic E-state index is 0.121. The predicted molar refractivity (Wildman–Crippen MR) is 98.9 cm³/mol. The monoisotopic (exact) mass is 357 g/mol. The summed E-state index contributed by atoms with van der Waals surface area (Å²) in [5, 5.41) is 13.9. The van der Waals surface area contributed by atoms with E-state index < -0.39 is 6.04 Å². The normalized spacial score (nSPS) is 11.5. The molecule has 0 saturated heterocycles. The van der Waals surface area contributed by atoms with Gasteiger partial charge in [-0.25, -0.2) is 0 Å². The first kappa shape index (κ1) is 19.4. The summed E-state index contributed by atoms with van der Waals surface area (Å²) in [7, 11) is 0. The molecule has 0 saturated carbocycles. The van der Waals surface area contributed by atoms with Crippen LogP contribution in [-0.2, 0) is 9.59 Å². The zero-order valence-corrected chi connectivity index (χ0v) is 14.4. The van der Waals surface area contributed by atoms with E-state index in [4.69, 9.17) is 15.6 Å². The number of amides is 2. The average molecular weight is 357 g/mol. The van der Waals surface area contributed by atoms with Crippen molar-refractivity contribution in [1.29, 1.82) is 0 Å². The molecule has 7 nitrogen and oxygen atoms in total. The summed E-state index contributed by atoms with van der Waals surface area (Å²) in [6, 6.07) is 15.6. The molecule has 2 amide bonds. The van der Waals surface area contributed by atoms with Gasteiger partial charge in [-0.15, -0.1) is 0 Å². The molecule has 1 atom stereocenters. The summed E-state index contributed by atoms with van der Waals surface area (Å²) in [6.45, 7) is -0.000934. The van der Waals surface area contributed by atoms with Gasteiger partial charge in [-0.1, -0.05) is 18.2 Å². The van der Waals surface area contributed by atoms with Gasteiger partial charge in [0.2, 0.25) is 11.8 Å². The first-order valence-corrected chi connectivity index (χ1v) is 8.35. The van der Waals surface area contributed by atoms with Crippen molar-refractivity contribution in [3.63, 3.8) is 0 Å². The van der Waals surface area contributed by atoms with E-state index in [1.165, 1.54) is 0 Å². The number of hydrogen-bond donors (Lipinski definition) is 4. The molecule has 0 spiro atoms. The Hall–Kier alpha value is -2.90. The molecule has 0 aliphatic heterocycles. The highest BCUT2D eigenvalue weighted by atomic mass is 16.5. The maximum Gasteiger partial charge on any atom is 0.237 e. The zero-order chi connectivity index (χ0) is 18.8. The van der Waals surface area contributed by atoms with Gasteiger partial charge in [-0.2, -0.15) is 0 Å². The van der Waals surface area contributed by atoms with Gasteiger partial charge in [-0.05, 0) is 42.8 Å². The van der Waals surface area contributed by atoms with Gasteiger partial charge in [-0.3, -0.25) is 9.59 Å². The topological polar surface area (TPSA) is 114 Å². The first-order valence-electron chi connectivity index (χ1n) is 8.35. The molecule has 0 radical (unpaired) electrons. The van der Waals surface area contributed by atoms with Gasteiger partial charge in [0.25, 0.3) is 0 Å². The molecule has 2 aromatic carbocycles. The Morgan fingerprint density at radius 2 is 1.69 bits per heavy atom. The fraction of sp³-hybridized carbons (Fsp3) is 0.263. The zero-order valence-electron chi connectivity index (χ0n) is 14.4. The Bertz CT molecular complexity index is 704. The maximum absolute atomic E-state index is 12.0. The number of ether oxygens (including phenoxy) is 1. The van der Waals surface area contributed by atoms with Crippen molar-refractivity contribution in [2.45, 2.75) is 18.9 Å². The van der Waals surface area contributed by atoms with Crippen LogP contribution >= 0.6 is 0 Å². The van der Waals surface area contributed by atoms with Crippen molar-refractivity contribution >= 4 is 17.5 Å². The number of hydrogen-bond acceptors (Lipinski definition) is 5. The van der Waals surface area contributed by atoms with Crippen LogP contribution in [0.2, 0.25) is 0 Å². The molecular weight excluding hydrogens is 334 g/mol. The van der Waals surface area contributed by atoms with E-state index in [0.717, 1.165) is 5.75 Å². The third-order valence-electron chi connectivity index (χ3n) is 3.55. The van der Waals surface area contributed by atoms with Gasteiger partial charge in [0, 0.05) is 18.7 Å². The van der Waals surface area contributed by atoms with Crippen LogP contribution < -0.4 is 21.1 Å². The number of rotatable bonds is 9. The van der Waals surface area contributed by atoms with E-state index in [1.807, 2.05) is 30.3 Å². The lowest BCUT2D eigenvalue weighted by Gasteiger charge is -2.12. The van der Waals surface area contributed by atoms with E-state index in [1.54, 1.807) is 24.3 Å². The first-order chi connectivity index (χ1) is 12.6. The highest BCUT2D eigenvalue weighted by Crippen LogP contribution is 2.22. The summed E-state index contributed by atoms with van der Waals surface area (Å²) in [5.74, 6) is 0.788. The summed E-state index contributed by atoms with van der Waals surface area (Å²) in [4.78, 5) is 23.5. The lowest BCUT2D eigenvalue weighted by atomic mass is 10.1. The molecule has 0 heterocycles. The van der Waals surface area contributed by atoms with Crippen molar-refractivity contribution in [3.05, 3.63) is 54.6 Å². The van der Waals surface area contributed by atoms with E-state index >= 15 is 0 Å². The number of para-hydroxylation sites is 1. The molecule has 2 aromatic rings. The molecule has 7 heteroatoms.